The largest absolute Gasteiger partial charge is 0.282 e. The van der Waals surface area contributed by atoms with Crippen LogP contribution in [0.5, 0.6) is 0 Å². The molecule has 0 saturated heterocycles. The van der Waals surface area contributed by atoms with Crippen molar-refractivity contribution in [1.29, 1.82) is 0 Å². The Morgan fingerprint density at radius 2 is 2.00 bits per heavy atom. The Bertz CT molecular complexity index is 299. The maximum atomic E-state index is 11.2. The molecule has 3 heteroatoms. The van der Waals surface area contributed by atoms with E-state index in [0.717, 1.165) is 11.3 Å². The van der Waals surface area contributed by atoms with Gasteiger partial charge in [0.25, 0.3) is 0 Å². The fourth-order valence-corrected chi connectivity index (χ4v) is 3.69. The Kier molecular flexibility index (Phi) is 1.65. The van der Waals surface area contributed by atoms with Crippen LogP contribution in [0, 0.1) is 0 Å². The van der Waals surface area contributed by atoms with E-state index in [9.17, 15) is 4.79 Å². The van der Waals surface area contributed by atoms with Crippen molar-refractivity contribution in [3.05, 3.63) is 21.0 Å². The van der Waals surface area contributed by atoms with Crippen LogP contribution in [0.2, 0.25) is 0 Å². The van der Waals surface area contributed by atoms with Gasteiger partial charge in [-0.1, -0.05) is 0 Å². The number of thioether (sulfide) groups is 2. The minimum atomic E-state index is 0.238. The summed E-state index contributed by atoms with van der Waals surface area (Å²) in [7, 11) is 0. The summed E-state index contributed by atoms with van der Waals surface area (Å²) in [5.41, 5.74) is 2.31. The summed E-state index contributed by atoms with van der Waals surface area (Å²) in [5.74, 6) is 1.07. The fraction of sp³-hybridized carbons (Fsp3) is 0.375. The molecule has 0 aliphatic carbocycles. The van der Waals surface area contributed by atoms with Gasteiger partial charge >= 0.3 is 0 Å². The van der Waals surface area contributed by atoms with Crippen LogP contribution in [0.25, 0.3) is 0 Å². The molecule has 0 amide bonds. The Morgan fingerprint density at radius 1 is 1.27 bits per heavy atom. The molecule has 0 saturated carbocycles. The minimum absolute atomic E-state index is 0.238. The summed E-state index contributed by atoms with van der Waals surface area (Å²) in [4.78, 5) is 13.7. The lowest BCUT2D eigenvalue weighted by atomic mass is 10.2. The number of hydrogen-bond acceptors (Lipinski definition) is 3. The summed E-state index contributed by atoms with van der Waals surface area (Å²) in [5, 5.41) is 0.238. The number of hydrogen-bond donors (Lipinski definition) is 0. The van der Waals surface area contributed by atoms with Crippen molar-refractivity contribution >= 4 is 28.6 Å². The van der Waals surface area contributed by atoms with Gasteiger partial charge in [-0.25, -0.2) is 0 Å². The molecular formula is C8H8OS2. The van der Waals surface area contributed by atoms with Gasteiger partial charge in [0.05, 0.1) is 0 Å². The third-order valence-corrected chi connectivity index (χ3v) is 4.62. The Hall–Kier alpha value is -0.150. The maximum Gasteiger partial charge on any atom is 0.220 e. The van der Waals surface area contributed by atoms with Crippen LogP contribution in [0.1, 0.15) is 13.8 Å². The minimum Gasteiger partial charge on any atom is -0.282 e. The molecule has 58 valence electrons. The first-order valence-electron chi connectivity index (χ1n) is 3.46. The average molecular weight is 184 g/mol. The van der Waals surface area contributed by atoms with Crippen LogP contribution in [0.15, 0.2) is 21.0 Å². The van der Waals surface area contributed by atoms with Gasteiger partial charge in [-0.2, -0.15) is 0 Å². The molecule has 2 rings (SSSR count). The molecule has 2 aliphatic heterocycles. The second kappa shape index (κ2) is 2.42. The molecule has 1 nitrogen and oxygen atoms in total. The average Bonchev–Trinajstić information content (AvgIpc) is 2.43. The van der Waals surface area contributed by atoms with Crippen LogP contribution in [0.4, 0.5) is 0 Å². The van der Waals surface area contributed by atoms with Crippen molar-refractivity contribution in [2.45, 2.75) is 13.8 Å². The lowest BCUT2D eigenvalue weighted by Gasteiger charge is -1.90. The number of carbonyl (C=O) groups excluding carboxylic acids is 1. The summed E-state index contributed by atoms with van der Waals surface area (Å²) >= 11 is 3.19. The lowest BCUT2D eigenvalue weighted by molar-refractivity contribution is -0.107. The molecule has 0 aromatic rings. The molecule has 0 radical (unpaired) electrons. The summed E-state index contributed by atoms with van der Waals surface area (Å²) in [6, 6.07) is 0. The van der Waals surface area contributed by atoms with Crippen LogP contribution in [0.3, 0.4) is 0 Å². The van der Waals surface area contributed by atoms with E-state index in [-0.39, 0.29) is 5.12 Å². The summed E-state index contributed by atoms with van der Waals surface area (Å²) < 4.78 is 0. The van der Waals surface area contributed by atoms with E-state index in [4.69, 9.17) is 0 Å². The standard InChI is InChI=1S/C8H8OS2/c1-4-3-10-7-5(2)8(9)11-6(4)7/h3H2,1-2H3. The van der Waals surface area contributed by atoms with Crippen LogP contribution < -0.4 is 0 Å². The van der Waals surface area contributed by atoms with E-state index < -0.39 is 0 Å². The molecule has 0 aromatic heterocycles. The van der Waals surface area contributed by atoms with E-state index in [1.807, 2.05) is 6.92 Å². The SMILES string of the molecule is CC1=C2SC(=O)C(C)=C2SC1. The molecule has 0 atom stereocenters. The second-order valence-electron chi connectivity index (χ2n) is 2.74. The highest BCUT2D eigenvalue weighted by Crippen LogP contribution is 2.50. The normalized spacial score (nSPS) is 23.6. The van der Waals surface area contributed by atoms with Gasteiger partial charge in [-0.05, 0) is 31.2 Å². The Morgan fingerprint density at radius 3 is 2.64 bits per heavy atom. The van der Waals surface area contributed by atoms with Gasteiger partial charge in [0.2, 0.25) is 5.12 Å². The van der Waals surface area contributed by atoms with E-state index in [2.05, 4.69) is 6.92 Å². The molecule has 11 heavy (non-hydrogen) atoms. The monoisotopic (exact) mass is 184 g/mol. The molecule has 0 spiro atoms. The lowest BCUT2D eigenvalue weighted by Crippen LogP contribution is -1.86. The van der Waals surface area contributed by atoms with Crippen LogP contribution >= 0.6 is 23.5 Å². The van der Waals surface area contributed by atoms with Crippen molar-refractivity contribution < 1.29 is 4.79 Å². The highest BCUT2D eigenvalue weighted by molar-refractivity contribution is 8.20. The molecule has 0 N–H and O–H groups in total. The van der Waals surface area contributed by atoms with E-state index in [1.165, 1.54) is 27.1 Å². The molecule has 2 aliphatic rings. The van der Waals surface area contributed by atoms with Gasteiger partial charge in [-0.15, -0.1) is 11.8 Å². The quantitative estimate of drug-likeness (QED) is 0.576. The van der Waals surface area contributed by atoms with Gasteiger partial charge in [0, 0.05) is 21.1 Å². The van der Waals surface area contributed by atoms with Gasteiger partial charge in [0.15, 0.2) is 0 Å². The fourth-order valence-electron chi connectivity index (χ4n) is 1.18. The smallest absolute Gasteiger partial charge is 0.220 e. The van der Waals surface area contributed by atoms with Crippen molar-refractivity contribution in [1.82, 2.24) is 0 Å². The van der Waals surface area contributed by atoms with Gasteiger partial charge < -0.3 is 0 Å². The van der Waals surface area contributed by atoms with Crippen LogP contribution in [-0.2, 0) is 4.79 Å². The third-order valence-electron chi connectivity index (χ3n) is 1.87. The highest BCUT2D eigenvalue weighted by Gasteiger charge is 2.30. The first kappa shape index (κ1) is 7.50. The van der Waals surface area contributed by atoms with E-state index in [0.29, 0.717) is 0 Å². The van der Waals surface area contributed by atoms with Crippen molar-refractivity contribution in [3.63, 3.8) is 0 Å². The number of carbonyl (C=O) groups is 1. The molecular weight excluding hydrogens is 176 g/mol. The Labute approximate surface area is 74.3 Å². The first-order valence-corrected chi connectivity index (χ1v) is 5.26. The maximum absolute atomic E-state index is 11.2. The van der Waals surface area contributed by atoms with E-state index in [1.54, 1.807) is 11.8 Å². The zero-order chi connectivity index (χ0) is 8.01. The van der Waals surface area contributed by atoms with Gasteiger partial charge in [0.1, 0.15) is 0 Å². The predicted octanol–water partition coefficient (Wildman–Crippen LogP) is 2.55. The molecule has 0 fully saturated rings. The number of fused-ring (bicyclic) bond motifs is 1. The predicted molar refractivity (Wildman–Crippen MR) is 50.5 cm³/mol. The van der Waals surface area contributed by atoms with Gasteiger partial charge in [-0.3, -0.25) is 4.79 Å². The van der Waals surface area contributed by atoms with Crippen molar-refractivity contribution in [2.24, 2.45) is 0 Å². The van der Waals surface area contributed by atoms with Crippen molar-refractivity contribution in [2.75, 3.05) is 5.75 Å². The molecule has 2 heterocycles. The Balaban J connectivity index is 2.53. The topological polar surface area (TPSA) is 17.1 Å². The number of rotatable bonds is 0. The zero-order valence-corrected chi connectivity index (χ0v) is 8.06. The summed E-state index contributed by atoms with van der Waals surface area (Å²) in [6.45, 7) is 4.03. The molecule has 0 bridgehead atoms. The molecule has 0 unspecified atom stereocenters. The van der Waals surface area contributed by atoms with E-state index >= 15 is 0 Å². The second-order valence-corrected chi connectivity index (χ2v) is 4.71. The van der Waals surface area contributed by atoms with Crippen molar-refractivity contribution in [3.8, 4) is 0 Å². The summed E-state index contributed by atoms with van der Waals surface area (Å²) in [6.07, 6.45) is 0. The third kappa shape index (κ3) is 0.983. The zero-order valence-electron chi connectivity index (χ0n) is 6.43. The van der Waals surface area contributed by atoms with Crippen LogP contribution in [-0.4, -0.2) is 10.9 Å². The highest BCUT2D eigenvalue weighted by atomic mass is 32.2. The molecule has 0 aromatic carbocycles. The first-order chi connectivity index (χ1) is 5.20.